The molecule has 7 heteroatoms. The SMILES string of the molecule is FC(F)(CNc1ncc2c(n1)CCCC=C2c1ccc2nccnc2c1)C1CC1. The van der Waals surface area contributed by atoms with E-state index in [4.69, 9.17) is 0 Å². The summed E-state index contributed by atoms with van der Waals surface area (Å²) in [4.78, 5) is 17.6. The number of fused-ring (bicyclic) bond motifs is 2. The maximum Gasteiger partial charge on any atom is 0.267 e. The van der Waals surface area contributed by atoms with E-state index >= 15 is 0 Å². The van der Waals surface area contributed by atoms with Crippen LogP contribution in [0.5, 0.6) is 0 Å². The van der Waals surface area contributed by atoms with E-state index in [-0.39, 0.29) is 5.95 Å². The predicted molar refractivity (Wildman–Crippen MR) is 108 cm³/mol. The summed E-state index contributed by atoms with van der Waals surface area (Å²) in [6.45, 7) is -0.414. The Morgan fingerprint density at radius 3 is 2.72 bits per heavy atom. The van der Waals surface area contributed by atoms with Gasteiger partial charge in [-0.15, -0.1) is 0 Å². The van der Waals surface area contributed by atoms with Crippen LogP contribution in [-0.4, -0.2) is 32.4 Å². The second-order valence-corrected chi connectivity index (χ2v) is 7.71. The summed E-state index contributed by atoms with van der Waals surface area (Å²) < 4.78 is 27.9. The molecule has 1 N–H and O–H groups in total. The predicted octanol–water partition coefficient (Wildman–Crippen LogP) is 4.65. The van der Waals surface area contributed by atoms with Crippen molar-refractivity contribution >= 4 is 22.6 Å². The van der Waals surface area contributed by atoms with Crippen molar-refractivity contribution in [3.63, 3.8) is 0 Å². The van der Waals surface area contributed by atoms with Gasteiger partial charge in [0.2, 0.25) is 5.95 Å². The lowest BCUT2D eigenvalue weighted by Crippen LogP contribution is -2.30. The van der Waals surface area contributed by atoms with E-state index in [0.717, 1.165) is 52.7 Å². The number of hydrogen-bond donors (Lipinski definition) is 1. The minimum absolute atomic E-state index is 0.273. The molecule has 2 aliphatic carbocycles. The Morgan fingerprint density at radius 2 is 1.90 bits per heavy atom. The number of hydrogen-bond acceptors (Lipinski definition) is 5. The maximum atomic E-state index is 14.0. The fourth-order valence-corrected chi connectivity index (χ4v) is 3.79. The molecule has 0 amide bonds. The Labute approximate surface area is 167 Å². The van der Waals surface area contributed by atoms with Crippen molar-refractivity contribution in [1.82, 2.24) is 19.9 Å². The van der Waals surface area contributed by atoms with Crippen LogP contribution in [-0.2, 0) is 6.42 Å². The van der Waals surface area contributed by atoms with Gasteiger partial charge in [0, 0.05) is 30.1 Å². The molecule has 2 aliphatic rings. The van der Waals surface area contributed by atoms with Crippen molar-refractivity contribution in [3.8, 4) is 0 Å². The number of nitrogens with zero attached hydrogens (tertiary/aromatic N) is 4. The lowest BCUT2D eigenvalue weighted by molar-refractivity contribution is -0.00832. The third-order valence-electron chi connectivity index (χ3n) is 5.56. The molecule has 0 radical (unpaired) electrons. The Bertz CT molecular complexity index is 1090. The fraction of sp³-hybridized carbons (Fsp3) is 0.364. The van der Waals surface area contributed by atoms with E-state index in [1.807, 2.05) is 18.2 Å². The van der Waals surface area contributed by atoms with Gasteiger partial charge in [-0.2, -0.15) is 0 Å². The van der Waals surface area contributed by atoms with Crippen LogP contribution in [0.2, 0.25) is 0 Å². The van der Waals surface area contributed by atoms with Crippen LogP contribution >= 0.6 is 0 Å². The van der Waals surface area contributed by atoms with Gasteiger partial charge in [-0.1, -0.05) is 12.1 Å². The number of benzene rings is 1. The lowest BCUT2D eigenvalue weighted by atomic mass is 9.97. The molecule has 5 rings (SSSR count). The number of allylic oxidation sites excluding steroid dienone is 1. The van der Waals surface area contributed by atoms with Crippen molar-refractivity contribution in [2.45, 2.75) is 38.0 Å². The largest absolute Gasteiger partial charge is 0.348 e. The monoisotopic (exact) mass is 393 g/mol. The molecule has 0 saturated heterocycles. The summed E-state index contributed by atoms with van der Waals surface area (Å²) in [7, 11) is 0. The van der Waals surface area contributed by atoms with Gasteiger partial charge in [0.25, 0.3) is 5.92 Å². The summed E-state index contributed by atoms with van der Waals surface area (Å²) in [5.41, 5.74) is 5.60. The number of alkyl halides is 2. The highest BCUT2D eigenvalue weighted by Crippen LogP contribution is 2.43. The summed E-state index contributed by atoms with van der Waals surface area (Å²) in [6, 6.07) is 6.01. The molecule has 1 fully saturated rings. The maximum absolute atomic E-state index is 14.0. The molecule has 3 aromatic rings. The molecule has 1 aromatic carbocycles. The first kappa shape index (κ1) is 18.1. The Morgan fingerprint density at radius 1 is 1.07 bits per heavy atom. The highest BCUT2D eigenvalue weighted by Gasteiger charge is 2.46. The average molecular weight is 393 g/mol. The number of halogens is 2. The summed E-state index contributed by atoms with van der Waals surface area (Å²) in [5, 5.41) is 2.75. The van der Waals surface area contributed by atoms with Gasteiger partial charge in [-0.3, -0.25) is 9.97 Å². The minimum Gasteiger partial charge on any atom is -0.348 e. The molecular formula is C22H21F2N5. The van der Waals surface area contributed by atoms with Crippen molar-refractivity contribution in [1.29, 1.82) is 0 Å². The summed E-state index contributed by atoms with van der Waals surface area (Å²) in [6.07, 6.45) is 11.2. The third kappa shape index (κ3) is 3.69. The fourth-order valence-electron chi connectivity index (χ4n) is 3.79. The number of rotatable bonds is 5. The Hall–Kier alpha value is -2.96. The highest BCUT2D eigenvalue weighted by atomic mass is 19.3. The molecule has 0 atom stereocenters. The van der Waals surface area contributed by atoms with Gasteiger partial charge in [0.15, 0.2) is 0 Å². The second-order valence-electron chi connectivity index (χ2n) is 7.71. The third-order valence-corrected chi connectivity index (χ3v) is 5.56. The minimum atomic E-state index is -2.70. The first-order valence-electron chi connectivity index (χ1n) is 9.99. The van der Waals surface area contributed by atoms with Gasteiger partial charge in [0.05, 0.1) is 23.3 Å². The quantitative estimate of drug-likeness (QED) is 0.684. The molecule has 0 unspecified atom stereocenters. The van der Waals surface area contributed by atoms with Crippen LogP contribution in [0.4, 0.5) is 14.7 Å². The number of aromatic nitrogens is 4. The smallest absolute Gasteiger partial charge is 0.267 e. The molecule has 148 valence electrons. The molecular weight excluding hydrogens is 372 g/mol. The topological polar surface area (TPSA) is 63.6 Å². The Balaban J connectivity index is 1.44. The molecule has 0 aliphatic heterocycles. The number of aryl methyl sites for hydroxylation is 1. The molecule has 29 heavy (non-hydrogen) atoms. The van der Waals surface area contributed by atoms with Gasteiger partial charge >= 0.3 is 0 Å². The zero-order chi connectivity index (χ0) is 19.8. The second kappa shape index (κ2) is 7.13. The van der Waals surface area contributed by atoms with Crippen LogP contribution < -0.4 is 5.32 Å². The first-order chi connectivity index (χ1) is 14.1. The van der Waals surface area contributed by atoms with Crippen LogP contribution in [0.1, 0.15) is 42.5 Å². The van der Waals surface area contributed by atoms with E-state index in [2.05, 4.69) is 31.3 Å². The first-order valence-corrected chi connectivity index (χ1v) is 9.99. The van der Waals surface area contributed by atoms with Crippen molar-refractivity contribution in [2.24, 2.45) is 5.92 Å². The molecule has 5 nitrogen and oxygen atoms in total. The highest BCUT2D eigenvalue weighted by molar-refractivity contribution is 5.86. The molecule has 2 aromatic heterocycles. The van der Waals surface area contributed by atoms with Crippen LogP contribution in [0.25, 0.3) is 16.6 Å². The van der Waals surface area contributed by atoms with Crippen LogP contribution in [0.3, 0.4) is 0 Å². The van der Waals surface area contributed by atoms with E-state index in [1.165, 1.54) is 0 Å². The van der Waals surface area contributed by atoms with Crippen molar-refractivity contribution < 1.29 is 8.78 Å². The lowest BCUT2D eigenvalue weighted by Gasteiger charge is -2.17. The van der Waals surface area contributed by atoms with Crippen molar-refractivity contribution in [3.05, 3.63) is 59.7 Å². The average Bonchev–Trinajstić information content (AvgIpc) is 3.59. The summed E-state index contributed by atoms with van der Waals surface area (Å²) >= 11 is 0. The summed E-state index contributed by atoms with van der Waals surface area (Å²) in [5.74, 6) is -2.93. The zero-order valence-corrected chi connectivity index (χ0v) is 15.9. The molecule has 0 bridgehead atoms. The normalized spacial score (nSPS) is 16.8. The van der Waals surface area contributed by atoms with E-state index in [0.29, 0.717) is 12.8 Å². The van der Waals surface area contributed by atoms with Gasteiger partial charge in [0.1, 0.15) is 0 Å². The van der Waals surface area contributed by atoms with E-state index in [1.54, 1.807) is 18.6 Å². The van der Waals surface area contributed by atoms with Gasteiger partial charge < -0.3 is 5.32 Å². The molecule has 1 saturated carbocycles. The standard InChI is InChI=1S/C22H21F2N5/c23-22(24,15-6-7-15)13-28-21-27-12-17-16(3-1-2-4-18(17)29-21)14-5-8-19-20(11-14)26-10-9-25-19/h3,5,8-12,15H,1-2,4,6-7,13H2,(H,27,28,29). The number of anilines is 1. The molecule has 2 heterocycles. The van der Waals surface area contributed by atoms with Crippen LogP contribution in [0.15, 0.2) is 42.9 Å². The van der Waals surface area contributed by atoms with Gasteiger partial charge in [-0.25, -0.2) is 18.7 Å². The molecule has 0 spiro atoms. The Kier molecular flexibility index (Phi) is 4.45. The van der Waals surface area contributed by atoms with Crippen molar-refractivity contribution in [2.75, 3.05) is 11.9 Å². The van der Waals surface area contributed by atoms with E-state index in [9.17, 15) is 8.78 Å². The number of nitrogens with one attached hydrogen (secondary N) is 1. The van der Waals surface area contributed by atoms with Crippen LogP contribution in [0, 0.1) is 5.92 Å². The van der Waals surface area contributed by atoms with Gasteiger partial charge in [-0.05, 0) is 55.4 Å². The van der Waals surface area contributed by atoms with E-state index < -0.39 is 18.4 Å². The zero-order valence-electron chi connectivity index (χ0n) is 15.9.